The lowest BCUT2D eigenvalue weighted by Gasteiger charge is -2.19. The Hall–Kier alpha value is -2.95. The Morgan fingerprint density at radius 2 is 1.65 bits per heavy atom. The van der Waals surface area contributed by atoms with Gasteiger partial charge in [-0.05, 0) is 30.3 Å². The second kappa shape index (κ2) is 9.90. The van der Waals surface area contributed by atoms with Crippen molar-refractivity contribution in [3.05, 3.63) is 64.7 Å². The highest BCUT2D eigenvalue weighted by Crippen LogP contribution is 2.33. The third-order valence-electron chi connectivity index (χ3n) is 3.69. The van der Waals surface area contributed by atoms with Gasteiger partial charge in [0, 0.05) is 10.6 Å². The summed E-state index contributed by atoms with van der Waals surface area (Å²) in [5, 5.41) is 1.82. The summed E-state index contributed by atoms with van der Waals surface area (Å²) in [7, 11) is 0. The van der Waals surface area contributed by atoms with E-state index in [2.05, 4.69) is 0 Å². The standard InChI is InChI=1S/C19H14ClF6NO4/c20-13-6-4-11(5-7-13)15(16(28)30-9-8-27-17(29)19(24,25)26)31-14-3-1-2-12(10-14)18(21,22)23/h1-7,10,15H,8-9H2,(H,27,29)/t15-/m1/s1. The molecule has 0 bridgehead atoms. The van der Waals surface area contributed by atoms with E-state index in [1.54, 1.807) is 0 Å². The van der Waals surface area contributed by atoms with Gasteiger partial charge in [0.1, 0.15) is 12.4 Å². The molecule has 2 rings (SSSR count). The van der Waals surface area contributed by atoms with Gasteiger partial charge in [-0.15, -0.1) is 0 Å². The van der Waals surface area contributed by atoms with Crippen LogP contribution in [0.2, 0.25) is 5.02 Å². The smallest absolute Gasteiger partial charge is 0.471 e. The van der Waals surface area contributed by atoms with E-state index < -0.39 is 49.0 Å². The second-order valence-corrected chi connectivity index (χ2v) is 6.43. The molecule has 0 saturated heterocycles. The van der Waals surface area contributed by atoms with Crippen LogP contribution in [0.25, 0.3) is 0 Å². The lowest BCUT2D eigenvalue weighted by Crippen LogP contribution is -2.39. The van der Waals surface area contributed by atoms with Gasteiger partial charge in [0.25, 0.3) is 0 Å². The molecule has 2 aromatic carbocycles. The van der Waals surface area contributed by atoms with Crippen molar-refractivity contribution >= 4 is 23.5 Å². The van der Waals surface area contributed by atoms with E-state index in [4.69, 9.17) is 21.1 Å². The van der Waals surface area contributed by atoms with Gasteiger partial charge >= 0.3 is 24.2 Å². The summed E-state index contributed by atoms with van der Waals surface area (Å²) in [5.74, 6) is -3.60. The number of halogens is 7. The van der Waals surface area contributed by atoms with Crippen LogP contribution in [0.3, 0.4) is 0 Å². The fourth-order valence-corrected chi connectivity index (χ4v) is 2.39. The Labute approximate surface area is 176 Å². The third kappa shape index (κ3) is 7.35. The number of nitrogens with one attached hydrogen (secondary N) is 1. The molecule has 2 aromatic rings. The van der Waals surface area contributed by atoms with Crippen molar-refractivity contribution in [1.82, 2.24) is 5.32 Å². The minimum Gasteiger partial charge on any atom is -0.474 e. The van der Waals surface area contributed by atoms with Crippen LogP contribution < -0.4 is 10.1 Å². The molecule has 1 atom stereocenters. The van der Waals surface area contributed by atoms with Crippen molar-refractivity contribution in [2.75, 3.05) is 13.2 Å². The Morgan fingerprint density at radius 3 is 2.23 bits per heavy atom. The fraction of sp³-hybridized carbons (Fsp3) is 0.263. The molecule has 0 aliphatic heterocycles. The summed E-state index contributed by atoms with van der Waals surface area (Å²) >= 11 is 5.78. The first kappa shape index (κ1) is 24.3. The monoisotopic (exact) mass is 469 g/mol. The number of carbonyl (C=O) groups is 2. The SMILES string of the molecule is O=C(OCCNC(=O)C(F)(F)F)[C@H](Oc1cccc(C(F)(F)F)c1)c1ccc(Cl)cc1. The van der Waals surface area contributed by atoms with Crippen LogP contribution in [-0.2, 0) is 20.5 Å². The maximum Gasteiger partial charge on any atom is 0.471 e. The molecule has 1 amide bonds. The highest BCUT2D eigenvalue weighted by molar-refractivity contribution is 6.30. The summed E-state index contributed by atoms with van der Waals surface area (Å²) in [6, 6.07) is 9.29. The highest BCUT2D eigenvalue weighted by atomic mass is 35.5. The number of amides is 1. The summed E-state index contributed by atoms with van der Waals surface area (Å²) < 4.78 is 85.4. The number of carbonyl (C=O) groups excluding carboxylic acids is 2. The number of hydrogen-bond donors (Lipinski definition) is 1. The second-order valence-electron chi connectivity index (χ2n) is 6.00. The molecule has 0 aliphatic carbocycles. The third-order valence-corrected chi connectivity index (χ3v) is 3.94. The molecule has 12 heteroatoms. The predicted octanol–water partition coefficient (Wildman–Crippen LogP) is 4.70. The molecule has 0 spiro atoms. The number of alkyl halides is 6. The van der Waals surface area contributed by atoms with Gasteiger partial charge in [-0.3, -0.25) is 4.79 Å². The van der Waals surface area contributed by atoms with Crippen molar-refractivity contribution in [2.45, 2.75) is 18.5 Å². The molecule has 1 N–H and O–H groups in total. The molecule has 168 valence electrons. The Morgan fingerprint density at radius 1 is 1.00 bits per heavy atom. The van der Waals surface area contributed by atoms with Gasteiger partial charge in [0.05, 0.1) is 12.1 Å². The van der Waals surface area contributed by atoms with Gasteiger partial charge in [0.15, 0.2) is 0 Å². The van der Waals surface area contributed by atoms with E-state index >= 15 is 0 Å². The van der Waals surface area contributed by atoms with Crippen LogP contribution in [0.1, 0.15) is 17.2 Å². The van der Waals surface area contributed by atoms with E-state index in [0.717, 1.165) is 12.1 Å². The number of ether oxygens (including phenoxy) is 2. The van der Waals surface area contributed by atoms with Crippen LogP contribution in [0.15, 0.2) is 48.5 Å². The topological polar surface area (TPSA) is 64.6 Å². The lowest BCUT2D eigenvalue weighted by atomic mass is 10.1. The van der Waals surface area contributed by atoms with E-state index in [1.807, 2.05) is 0 Å². The first-order chi connectivity index (χ1) is 14.4. The van der Waals surface area contributed by atoms with Gasteiger partial charge in [-0.25, -0.2) is 4.79 Å². The molecule has 0 saturated carbocycles. The zero-order valence-electron chi connectivity index (χ0n) is 15.4. The molecule has 0 unspecified atom stereocenters. The number of hydrogen-bond acceptors (Lipinski definition) is 4. The van der Waals surface area contributed by atoms with Crippen molar-refractivity contribution < 1.29 is 45.4 Å². The van der Waals surface area contributed by atoms with Gasteiger partial charge in [-0.1, -0.05) is 29.8 Å². The quantitative estimate of drug-likeness (QED) is 0.363. The normalized spacial score (nSPS) is 12.7. The number of benzene rings is 2. The number of esters is 1. The molecular formula is C19H14ClF6NO4. The maximum atomic E-state index is 12.9. The molecule has 0 aliphatic rings. The summed E-state index contributed by atoms with van der Waals surface area (Å²) in [6.07, 6.45) is -11.3. The van der Waals surface area contributed by atoms with Crippen LogP contribution in [0.5, 0.6) is 5.75 Å². The molecule has 5 nitrogen and oxygen atoms in total. The first-order valence-corrected chi connectivity index (χ1v) is 8.87. The average molecular weight is 470 g/mol. The fourth-order valence-electron chi connectivity index (χ4n) is 2.26. The van der Waals surface area contributed by atoms with Crippen molar-refractivity contribution in [3.8, 4) is 5.75 Å². The predicted molar refractivity (Wildman–Crippen MR) is 96.3 cm³/mol. The van der Waals surface area contributed by atoms with E-state index in [9.17, 15) is 35.9 Å². The molecule has 0 aromatic heterocycles. The van der Waals surface area contributed by atoms with E-state index in [0.29, 0.717) is 11.1 Å². The average Bonchev–Trinajstić information content (AvgIpc) is 2.68. The minimum atomic E-state index is -5.09. The molecular weight excluding hydrogens is 456 g/mol. The van der Waals surface area contributed by atoms with Crippen molar-refractivity contribution in [3.63, 3.8) is 0 Å². The number of rotatable bonds is 7. The highest BCUT2D eigenvalue weighted by Gasteiger charge is 2.38. The largest absolute Gasteiger partial charge is 0.474 e. The summed E-state index contributed by atoms with van der Waals surface area (Å²) in [6.45, 7) is -1.27. The Balaban J connectivity index is 2.13. The van der Waals surface area contributed by atoms with Gasteiger partial charge in [-0.2, -0.15) is 26.3 Å². The van der Waals surface area contributed by atoms with E-state index in [1.165, 1.54) is 35.6 Å². The summed E-state index contributed by atoms with van der Waals surface area (Å²) in [4.78, 5) is 23.2. The van der Waals surface area contributed by atoms with E-state index in [-0.39, 0.29) is 11.3 Å². The van der Waals surface area contributed by atoms with Crippen LogP contribution in [0, 0.1) is 0 Å². The minimum absolute atomic E-state index is 0.172. The maximum absolute atomic E-state index is 12.9. The molecule has 0 heterocycles. The van der Waals surface area contributed by atoms with Gasteiger partial charge in [0.2, 0.25) is 6.10 Å². The van der Waals surface area contributed by atoms with Crippen molar-refractivity contribution in [1.29, 1.82) is 0 Å². The molecule has 0 radical (unpaired) electrons. The Kier molecular flexibility index (Phi) is 7.77. The lowest BCUT2D eigenvalue weighted by molar-refractivity contribution is -0.174. The van der Waals surface area contributed by atoms with Gasteiger partial charge < -0.3 is 14.8 Å². The van der Waals surface area contributed by atoms with Crippen LogP contribution in [-0.4, -0.2) is 31.2 Å². The molecule has 31 heavy (non-hydrogen) atoms. The zero-order chi connectivity index (χ0) is 23.2. The van der Waals surface area contributed by atoms with Crippen LogP contribution in [0.4, 0.5) is 26.3 Å². The molecule has 0 fully saturated rings. The first-order valence-electron chi connectivity index (χ1n) is 8.49. The Bertz CT molecular complexity index is 915. The summed E-state index contributed by atoms with van der Waals surface area (Å²) in [5.41, 5.74) is -0.839. The van der Waals surface area contributed by atoms with Crippen LogP contribution >= 0.6 is 11.6 Å². The van der Waals surface area contributed by atoms with Crippen molar-refractivity contribution in [2.24, 2.45) is 0 Å². The zero-order valence-corrected chi connectivity index (χ0v) is 16.1.